The highest BCUT2D eigenvalue weighted by atomic mass is 32.2. The van der Waals surface area contributed by atoms with Crippen molar-refractivity contribution in [2.45, 2.75) is 11.7 Å². The number of ether oxygens (including phenoxy) is 1. The van der Waals surface area contributed by atoms with Crippen molar-refractivity contribution in [3.8, 4) is 0 Å². The molecular formula is C24H20N6O4S. The van der Waals surface area contributed by atoms with Crippen LogP contribution < -0.4 is 5.56 Å². The zero-order chi connectivity index (χ0) is 24.5. The lowest BCUT2D eigenvalue weighted by Crippen LogP contribution is -2.22. The van der Waals surface area contributed by atoms with Gasteiger partial charge in [0.25, 0.3) is 5.56 Å². The molecule has 10 nitrogen and oxygen atoms in total. The third-order valence-corrected chi connectivity index (χ3v) is 6.37. The number of aromatic nitrogens is 6. The molecule has 35 heavy (non-hydrogen) atoms. The maximum atomic E-state index is 13.0. The van der Waals surface area contributed by atoms with Crippen molar-refractivity contribution < 1.29 is 14.6 Å². The predicted octanol–water partition coefficient (Wildman–Crippen LogP) is 3.34. The van der Waals surface area contributed by atoms with Crippen molar-refractivity contribution >= 4 is 51.0 Å². The van der Waals surface area contributed by atoms with Crippen molar-refractivity contribution in [1.82, 2.24) is 29.1 Å². The predicted molar refractivity (Wildman–Crippen MR) is 133 cm³/mol. The third-order valence-electron chi connectivity index (χ3n) is 5.43. The molecule has 0 fully saturated rings. The number of imidazole rings is 1. The number of aromatic amines is 1. The normalized spacial score (nSPS) is 12.3. The molecular weight excluding hydrogens is 468 g/mol. The Labute approximate surface area is 202 Å². The molecule has 0 unspecified atom stereocenters. The van der Waals surface area contributed by atoms with Crippen molar-refractivity contribution in [2.24, 2.45) is 0 Å². The van der Waals surface area contributed by atoms with Crippen LogP contribution in [0, 0.1) is 0 Å². The van der Waals surface area contributed by atoms with E-state index in [-0.39, 0.29) is 35.0 Å². The highest BCUT2D eigenvalue weighted by Crippen LogP contribution is 2.27. The highest BCUT2D eigenvalue weighted by Gasteiger charge is 2.23. The lowest BCUT2D eigenvalue weighted by molar-refractivity contribution is -0.133. The molecule has 176 valence electrons. The first-order chi connectivity index (χ1) is 17.0. The van der Waals surface area contributed by atoms with Crippen molar-refractivity contribution in [2.75, 3.05) is 12.9 Å². The van der Waals surface area contributed by atoms with E-state index in [1.165, 1.54) is 11.7 Å². The van der Waals surface area contributed by atoms with E-state index < -0.39 is 5.97 Å². The summed E-state index contributed by atoms with van der Waals surface area (Å²) in [6.07, 6.45) is 1.61. The number of esters is 1. The van der Waals surface area contributed by atoms with Gasteiger partial charge in [0.15, 0.2) is 5.16 Å². The summed E-state index contributed by atoms with van der Waals surface area (Å²) >= 11 is 1.16. The molecule has 0 aliphatic rings. The van der Waals surface area contributed by atoms with Gasteiger partial charge >= 0.3 is 5.97 Å². The zero-order valence-corrected chi connectivity index (χ0v) is 19.5. The molecule has 0 amide bonds. The lowest BCUT2D eigenvalue weighted by Gasteiger charge is -2.10. The van der Waals surface area contributed by atoms with Crippen LogP contribution in [0.2, 0.25) is 0 Å². The third kappa shape index (κ3) is 3.85. The number of carbonyl (C=O) groups excluding carboxylic acids is 1. The molecule has 5 rings (SSSR count). The van der Waals surface area contributed by atoms with Gasteiger partial charge in [-0.25, -0.2) is 9.78 Å². The average molecular weight is 489 g/mol. The minimum atomic E-state index is -0.724. The fourth-order valence-corrected chi connectivity index (χ4v) is 4.67. The fourth-order valence-electron chi connectivity index (χ4n) is 3.85. The molecule has 2 N–H and O–H groups in total. The van der Waals surface area contributed by atoms with Gasteiger partial charge in [-0.2, -0.15) is 0 Å². The smallest absolute Gasteiger partial charge is 0.345 e. The number of carbonyl (C=O) groups is 1. The van der Waals surface area contributed by atoms with Crippen LogP contribution in [0.5, 0.6) is 0 Å². The van der Waals surface area contributed by atoms with Crippen LogP contribution in [0.4, 0.5) is 0 Å². The van der Waals surface area contributed by atoms with Gasteiger partial charge in [0, 0.05) is 6.54 Å². The zero-order valence-electron chi connectivity index (χ0n) is 18.6. The quantitative estimate of drug-likeness (QED) is 0.117. The van der Waals surface area contributed by atoms with Gasteiger partial charge in [-0.15, -0.1) is 16.8 Å². The van der Waals surface area contributed by atoms with Crippen LogP contribution >= 0.6 is 11.8 Å². The second kappa shape index (κ2) is 9.11. The minimum Gasteiger partial charge on any atom is -0.510 e. The number of nitrogens with one attached hydrogen (secondary N) is 1. The Balaban J connectivity index is 1.58. The number of hydrogen-bond donors (Lipinski definition) is 2. The molecule has 3 heterocycles. The monoisotopic (exact) mass is 488 g/mol. The summed E-state index contributed by atoms with van der Waals surface area (Å²) in [5, 5.41) is 20.3. The Bertz CT molecular complexity index is 1660. The summed E-state index contributed by atoms with van der Waals surface area (Å²) < 4.78 is 8.13. The number of aliphatic hydroxyl groups excluding tert-OH is 1. The Morgan fingerprint density at radius 3 is 2.74 bits per heavy atom. The van der Waals surface area contributed by atoms with Gasteiger partial charge in [-0.1, -0.05) is 42.1 Å². The maximum Gasteiger partial charge on any atom is 0.345 e. The van der Waals surface area contributed by atoms with Crippen molar-refractivity contribution in [1.29, 1.82) is 0 Å². The Morgan fingerprint density at radius 2 is 1.97 bits per heavy atom. The van der Waals surface area contributed by atoms with E-state index in [9.17, 15) is 14.7 Å². The van der Waals surface area contributed by atoms with Gasteiger partial charge in [0.1, 0.15) is 17.2 Å². The fraction of sp³-hybridized carbons (Fsp3) is 0.125. The number of hydrogen-bond acceptors (Lipinski definition) is 8. The van der Waals surface area contributed by atoms with E-state index in [0.29, 0.717) is 27.4 Å². The Morgan fingerprint density at radius 1 is 1.20 bits per heavy atom. The van der Waals surface area contributed by atoms with Gasteiger partial charge < -0.3 is 14.8 Å². The van der Waals surface area contributed by atoms with E-state index >= 15 is 0 Å². The number of nitrogens with zero attached hydrogens (tertiary/aromatic N) is 5. The van der Waals surface area contributed by atoms with Crippen molar-refractivity contribution in [3.63, 3.8) is 0 Å². The topological polar surface area (TPSA) is 127 Å². The Kier molecular flexibility index (Phi) is 5.83. The molecule has 0 bridgehead atoms. The lowest BCUT2D eigenvalue weighted by atomic mass is 10.2. The SMILES string of the molecule is C=CCn1c(=O)c2ccccc2n2c(SC/C(O)=C(\C(=O)OC)c3nc4ccccc4[nH]3)nnc12. The summed E-state index contributed by atoms with van der Waals surface area (Å²) in [4.78, 5) is 33.0. The number of methoxy groups -OCH3 is 1. The molecule has 3 aromatic heterocycles. The molecule has 0 saturated carbocycles. The summed E-state index contributed by atoms with van der Waals surface area (Å²) in [6.45, 7) is 3.99. The second-order valence-corrected chi connectivity index (χ2v) is 8.49. The molecule has 11 heteroatoms. The molecule has 0 spiro atoms. The molecule has 5 aromatic rings. The summed E-state index contributed by atoms with van der Waals surface area (Å²) in [5.41, 5.74) is 1.74. The van der Waals surface area contributed by atoms with Gasteiger partial charge in [0.05, 0.1) is 34.8 Å². The average Bonchev–Trinajstić information content (AvgIpc) is 3.49. The van der Waals surface area contributed by atoms with Crippen LogP contribution in [-0.4, -0.2) is 53.1 Å². The Hall–Kier alpha value is -4.38. The highest BCUT2D eigenvalue weighted by molar-refractivity contribution is 7.99. The van der Waals surface area contributed by atoms with Gasteiger partial charge in [-0.3, -0.25) is 13.8 Å². The number of fused-ring (bicyclic) bond motifs is 4. The first kappa shape index (κ1) is 22.4. The van der Waals surface area contributed by atoms with Crippen LogP contribution in [0.15, 0.2) is 76.9 Å². The number of para-hydroxylation sites is 3. The van der Waals surface area contributed by atoms with Crippen molar-refractivity contribution in [3.05, 3.63) is 83.1 Å². The molecule has 0 radical (unpaired) electrons. The van der Waals surface area contributed by atoms with E-state index in [4.69, 9.17) is 4.74 Å². The first-order valence-electron chi connectivity index (χ1n) is 10.6. The minimum absolute atomic E-state index is 0.0167. The van der Waals surface area contributed by atoms with Crippen LogP contribution in [0.3, 0.4) is 0 Å². The van der Waals surface area contributed by atoms with Crippen LogP contribution in [-0.2, 0) is 16.1 Å². The first-order valence-corrected chi connectivity index (χ1v) is 11.6. The molecule has 0 atom stereocenters. The van der Waals surface area contributed by atoms with E-state index in [1.54, 1.807) is 34.7 Å². The summed E-state index contributed by atoms with van der Waals surface area (Å²) in [7, 11) is 1.24. The molecule has 0 aliphatic heterocycles. The number of H-pyrrole nitrogens is 1. The molecule has 0 aliphatic carbocycles. The largest absolute Gasteiger partial charge is 0.510 e. The second-order valence-electron chi connectivity index (χ2n) is 7.54. The number of allylic oxidation sites excluding steroid dienone is 1. The summed E-state index contributed by atoms with van der Waals surface area (Å²) in [6, 6.07) is 14.4. The van der Waals surface area contributed by atoms with Gasteiger partial charge in [0.2, 0.25) is 5.78 Å². The van der Waals surface area contributed by atoms with Crippen LogP contribution in [0.25, 0.3) is 33.3 Å². The number of benzene rings is 2. The van der Waals surface area contributed by atoms with E-state index in [0.717, 1.165) is 17.3 Å². The summed E-state index contributed by atoms with van der Waals surface area (Å²) in [5.74, 6) is -0.422. The standard InChI is InChI=1S/C24H20N6O4S/c1-3-12-29-21(32)14-8-4-7-11-17(14)30-23(29)27-28-24(30)35-13-18(31)19(22(33)34-2)20-25-15-9-5-6-10-16(15)26-20/h3-11,31H,1,12-13H2,2H3,(H,25,26)/b19-18+. The maximum absolute atomic E-state index is 13.0. The number of aliphatic hydroxyl groups is 1. The van der Waals surface area contributed by atoms with Gasteiger partial charge in [-0.05, 0) is 24.3 Å². The van der Waals surface area contributed by atoms with E-state index in [1.807, 2.05) is 24.3 Å². The van der Waals surface area contributed by atoms with E-state index in [2.05, 4.69) is 26.7 Å². The number of thioether (sulfide) groups is 1. The molecule has 0 saturated heterocycles. The number of rotatable bonds is 7. The van der Waals surface area contributed by atoms with Crippen LogP contribution in [0.1, 0.15) is 5.82 Å². The molecule has 2 aromatic carbocycles.